The predicted octanol–water partition coefficient (Wildman–Crippen LogP) is 3.99. The lowest BCUT2D eigenvalue weighted by atomic mass is 9.79. The van der Waals surface area contributed by atoms with Crippen LogP contribution in [0.25, 0.3) is 0 Å². The third-order valence-electron chi connectivity index (χ3n) is 6.57. The van der Waals surface area contributed by atoms with Crippen LogP contribution < -0.4 is 5.32 Å². The molecule has 1 aromatic rings. The molecule has 1 unspecified atom stereocenters. The number of aromatic nitrogens is 2. The molecule has 2 fully saturated rings. The van der Waals surface area contributed by atoms with E-state index in [-0.39, 0.29) is 28.9 Å². The number of carbonyl (C=O) groups is 2. The molecule has 1 aliphatic carbocycles. The zero-order valence-corrected chi connectivity index (χ0v) is 19.5. The Kier molecular flexibility index (Phi) is 6.21. The summed E-state index contributed by atoms with van der Waals surface area (Å²) >= 11 is 0. The van der Waals surface area contributed by atoms with Gasteiger partial charge in [-0.15, -0.1) is 0 Å². The third-order valence-corrected chi connectivity index (χ3v) is 6.57. The molecule has 3 rings (SSSR count). The van der Waals surface area contributed by atoms with Crippen LogP contribution in [0.1, 0.15) is 84.6 Å². The first-order valence-electron chi connectivity index (χ1n) is 11.2. The highest BCUT2D eigenvalue weighted by Gasteiger charge is 2.43. The lowest BCUT2D eigenvalue weighted by Gasteiger charge is -2.32. The molecule has 2 aliphatic rings. The van der Waals surface area contributed by atoms with Gasteiger partial charge >= 0.3 is 6.09 Å². The first-order valence-corrected chi connectivity index (χ1v) is 11.2. The molecule has 168 valence electrons. The van der Waals surface area contributed by atoms with Gasteiger partial charge in [0.25, 0.3) is 0 Å². The van der Waals surface area contributed by atoms with Crippen LogP contribution in [-0.4, -0.2) is 50.9 Å². The molecule has 2 amide bonds. The molecule has 1 atom stereocenters. The van der Waals surface area contributed by atoms with E-state index in [1.165, 1.54) is 5.56 Å². The van der Waals surface area contributed by atoms with Crippen molar-refractivity contribution in [3.05, 3.63) is 18.0 Å². The van der Waals surface area contributed by atoms with Crippen LogP contribution in [-0.2, 0) is 16.6 Å². The fourth-order valence-electron chi connectivity index (χ4n) is 5.01. The Hall–Kier alpha value is -2.05. The van der Waals surface area contributed by atoms with E-state index in [1.54, 1.807) is 0 Å². The Morgan fingerprint density at radius 2 is 1.93 bits per heavy atom. The van der Waals surface area contributed by atoms with Gasteiger partial charge in [-0.05, 0) is 51.0 Å². The van der Waals surface area contributed by atoms with Crippen LogP contribution in [0.5, 0.6) is 0 Å². The van der Waals surface area contributed by atoms with Crippen molar-refractivity contribution in [1.29, 1.82) is 0 Å². The molecule has 7 nitrogen and oxygen atoms in total. The average Bonchev–Trinajstić information content (AvgIpc) is 3.30. The second kappa shape index (κ2) is 8.23. The molecule has 1 saturated heterocycles. The third kappa shape index (κ3) is 5.35. The van der Waals surface area contributed by atoms with Crippen molar-refractivity contribution in [2.45, 2.75) is 90.2 Å². The van der Waals surface area contributed by atoms with Crippen molar-refractivity contribution in [2.75, 3.05) is 13.1 Å². The Balaban J connectivity index is 1.60. The van der Waals surface area contributed by atoms with Crippen molar-refractivity contribution >= 4 is 12.0 Å². The maximum Gasteiger partial charge on any atom is 0.408 e. The van der Waals surface area contributed by atoms with Crippen LogP contribution in [0.2, 0.25) is 0 Å². The number of aryl methyl sites for hydroxylation is 1. The van der Waals surface area contributed by atoms with E-state index in [2.05, 4.69) is 30.5 Å². The molecular weight excluding hydrogens is 380 g/mol. The fraction of sp³-hybridized carbons (Fsp3) is 0.783. The smallest absolute Gasteiger partial charge is 0.408 e. The molecule has 0 bridgehead atoms. The highest BCUT2D eigenvalue weighted by atomic mass is 16.6. The van der Waals surface area contributed by atoms with Gasteiger partial charge in [-0.25, -0.2) is 4.79 Å². The zero-order chi connectivity index (χ0) is 22.2. The van der Waals surface area contributed by atoms with Crippen LogP contribution in [0.4, 0.5) is 4.79 Å². The summed E-state index contributed by atoms with van der Waals surface area (Å²) in [5.41, 5.74) is 0.355. The first-order chi connectivity index (χ1) is 13.9. The maximum absolute atomic E-state index is 13.1. The summed E-state index contributed by atoms with van der Waals surface area (Å²) in [6.07, 6.45) is 8.67. The summed E-state index contributed by atoms with van der Waals surface area (Å²) in [4.78, 5) is 27.5. The molecule has 1 saturated carbocycles. The molecule has 1 aromatic heterocycles. The SMILES string of the molecule is Cn1cc(C2CN(C(=O)CCC3(NC(=O)OC(C)(C)C)CCCC3)CC2(C)C)cn1. The molecule has 0 aromatic carbocycles. The van der Waals surface area contributed by atoms with E-state index in [1.807, 2.05) is 43.6 Å². The number of rotatable bonds is 5. The van der Waals surface area contributed by atoms with Gasteiger partial charge in [0.05, 0.1) is 6.20 Å². The lowest BCUT2D eigenvalue weighted by molar-refractivity contribution is -0.131. The molecule has 1 aliphatic heterocycles. The Morgan fingerprint density at radius 1 is 1.27 bits per heavy atom. The van der Waals surface area contributed by atoms with Gasteiger partial charge < -0.3 is 15.0 Å². The number of amides is 2. The normalized spacial score (nSPS) is 22.9. The highest BCUT2D eigenvalue weighted by molar-refractivity contribution is 5.77. The van der Waals surface area contributed by atoms with Crippen molar-refractivity contribution in [1.82, 2.24) is 20.0 Å². The monoisotopic (exact) mass is 418 g/mol. The lowest BCUT2D eigenvalue weighted by Crippen LogP contribution is -2.49. The van der Waals surface area contributed by atoms with E-state index in [0.29, 0.717) is 12.8 Å². The number of carbonyl (C=O) groups excluding carboxylic acids is 2. The van der Waals surface area contributed by atoms with Crippen molar-refractivity contribution < 1.29 is 14.3 Å². The molecule has 1 N–H and O–H groups in total. The number of alkyl carbamates (subject to hydrolysis) is 1. The van der Waals surface area contributed by atoms with E-state index in [9.17, 15) is 9.59 Å². The molecule has 30 heavy (non-hydrogen) atoms. The Labute approximate surface area is 180 Å². The number of hydrogen-bond acceptors (Lipinski definition) is 4. The largest absolute Gasteiger partial charge is 0.444 e. The number of ether oxygens (including phenoxy) is 1. The molecule has 7 heteroatoms. The van der Waals surface area contributed by atoms with Gasteiger partial charge in [0.1, 0.15) is 5.60 Å². The predicted molar refractivity (Wildman–Crippen MR) is 116 cm³/mol. The Morgan fingerprint density at radius 3 is 2.50 bits per heavy atom. The average molecular weight is 419 g/mol. The van der Waals surface area contributed by atoms with Crippen LogP contribution in [0.3, 0.4) is 0 Å². The van der Waals surface area contributed by atoms with Crippen LogP contribution in [0.15, 0.2) is 12.4 Å². The van der Waals surface area contributed by atoms with Crippen molar-refractivity contribution in [2.24, 2.45) is 12.5 Å². The van der Waals surface area contributed by atoms with E-state index >= 15 is 0 Å². The molecular formula is C23H38N4O3. The fourth-order valence-corrected chi connectivity index (χ4v) is 5.01. The maximum atomic E-state index is 13.1. The van der Waals surface area contributed by atoms with E-state index in [4.69, 9.17) is 4.74 Å². The highest BCUT2D eigenvalue weighted by Crippen LogP contribution is 2.42. The number of hydrogen-bond donors (Lipinski definition) is 1. The number of likely N-dealkylation sites (tertiary alicyclic amines) is 1. The molecule has 2 heterocycles. The van der Waals surface area contributed by atoms with Gasteiger partial charge in [-0.1, -0.05) is 26.7 Å². The minimum atomic E-state index is -0.526. The van der Waals surface area contributed by atoms with Gasteiger partial charge in [0, 0.05) is 44.2 Å². The summed E-state index contributed by atoms with van der Waals surface area (Å²) in [5, 5.41) is 7.41. The second-order valence-electron chi connectivity index (χ2n) is 10.9. The molecule has 0 spiro atoms. The van der Waals surface area contributed by atoms with Gasteiger partial charge in [-0.2, -0.15) is 5.10 Å². The van der Waals surface area contributed by atoms with Crippen molar-refractivity contribution in [3.63, 3.8) is 0 Å². The van der Waals surface area contributed by atoms with Crippen molar-refractivity contribution in [3.8, 4) is 0 Å². The van der Waals surface area contributed by atoms with E-state index < -0.39 is 5.60 Å². The van der Waals surface area contributed by atoms with Gasteiger partial charge in [0.15, 0.2) is 0 Å². The number of nitrogens with one attached hydrogen (secondary N) is 1. The summed E-state index contributed by atoms with van der Waals surface area (Å²) < 4.78 is 7.29. The molecule has 0 radical (unpaired) electrons. The standard InChI is InChI=1S/C23H38N4O3/c1-21(2,3)30-20(29)25-23(10-7-8-11-23)12-9-19(28)27-15-18(22(4,5)16-27)17-13-24-26(6)14-17/h13-14,18H,7-12,15-16H2,1-6H3,(H,25,29). The summed E-state index contributed by atoms with van der Waals surface area (Å²) in [6.45, 7) is 11.5. The van der Waals surface area contributed by atoms with Gasteiger partial charge in [0.2, 0.25) is 5.91 Å². The van der Waals surface area contributed by atoms with Crippen LogP contribution in [0, 0.1) is 5.41 Å². The quantitative estimate of drug-likeness (QED) is 0.784. The van der Waals surface area contributed by atoms with Gasteiger partial charge in [-0.3, -0.25) is 9.48 Å². The van der Waals surface area contributed by atoms with E-state index in [0.717, 1.165) is 38.8 Å². The van der Waals surface area contributed by atoms with Crippen LogP contribution >= 0.6 is 0 Å². The summed E-state index contributed by atoms with van der Waals surface area (Å²) in [7, 11) is 1.92. The second-order valence-corrected chi connectivity index (χ2v) is 10.9. The minimum absolute atomic E-state index is 0.0124. The zero-order valence-electron chi connectivity index (χ0n) is 19.5. The minimum Gasteiger partial charge on any atom is -0.444 e. The summed E-state index contributed by atoms with van der Waals surface area (Å²) in [5.74, 6) is 0.460. The first kappa shape index (κ1) is 22.6. The summed E-state index contributed by atoms with van der Waals surface area (Å²) in [6, 6.07) is 0. The Bertz CT molecular complexity index is 772. The topological polar surface area (TPSA) is 76.5 Å². The number of nitrogens with zero attached hydrogens (tertiary/aromatic N) is 3.